The molecule has 2 saturated heterocycles. The predicted octanol–water partition coefficient (Wildman–Crippen LogP) is 9.75. The zero-order valence-corrected chi connectivity index (χ0v) is 66.2. The van der Waals surface area contributed by atoms with E-state index in [0.717, 1.165) is 33.4 Å². The molecule has 600 valence electrons. The molecule has 6 aliphatic heterocycles. The van der Waals surface area contributed by atoms with Crippen molar-refractivity contribution in [1.29, 1.82) is 0 Å². The van der Waals surface area contributed by atoms with Crippen molar-refractivity contribution in [2.75, 3.05) is 39.5 Å². The number of hydrogen-bond donors (Lipinski definition) is 3. The molecule has 4 aliphatic carbocycles. The molecular weight excluding hydrogens is 1460 g/mol. The van der Waals surface area contributed by atoms with Gasteiger partial charge in [-0.05, 0) is 125 Å². The van der Waals surface area contributed by atoms with Gasteiger partial charge in [-0.15, -0.1) is 19.6 Å². The number of rotatable bonds is 12. The largest absolute Gasteiger partial charge is 0.480 e. The smallest absolute Gasteiger partial charge is 0.410 e. The average Bonchev–Trinajstić information content (AvgIpc) is 1.59. The molecule has 3 N–H and O–H groups in total. The number of carbonyl (C=O) groups is 10. The van der Waals surface area contributed by atoms with Crippen LogP contribution in [0.25, 0.3) is 12.2 Å². The molecule has 27 heteroatoms. The Balaban J connectivity index is 0.000000223. The van der Waals surface area contributed by atoms with Gasteiger partial charge in [0.15, 0.2) is 5.78 Å². The quantitative estimate of drug-likeness (QED) is 0.131. The maximum absolute atomic E-state index is 14.5. The fourth-order valence-corrected chi connectivity index (χ4v) is 17.5. The summed E-state index contributed by atoms with van der Waals surface area (Å²) < 4.78 is 76.1. The summed E-state index contributed by atoms with van der Waals surface area (Å²) in [5, 5.41) is 8.91. The van der Waals surface area contributed by atoms with Gasteiger partial charge in [0.2, 0.25) is 43.7 Å². The first kappa shape index (κ1) is 87.4. The number of amides is 6. The molecule has 0 spiro atoms. The molecule has 25 nitrogen and oxygen atoms in total. The van der Waals surface area contributed by atoms with Crippen LogP contribution in [0.4, 0.5) is 9.59 Å². The molecule has 6 heterocycles. The summed E-state index contributed by atoms with van der Waals surface area (Å²) in [4.78, 5) is 139. The maximum Gasteiger partial charge on any atom is 0.410 e. The van der Waals surface area contributed by atoms with Crippen molar-refractivity contribution >= 4 is 91.3 Å². The number of aliphatic carboxylic acids is 1. The zero-order chi connectivity index (χ0) is 80.6. The number of carboxylic acid groups (broad SMARTS) is 1. The molecule has 0 unspecified atom stereocenters. The Kier molecular flexibility index (Phi) is 28.4. The summed E-state index contributed by atoms with van der Waals surface area (Å²) in [5.74, 6) is 5.54. The average molecular weight is 1570 g/mol. The second-order valence-corrected chi connectivity index (χ2v) is 36.7. The number of sulfonamides is 2. The van der Waals surface area contributed by atoms with Crippen LogP contribution in [0.1, 0.15) is 181 Å². The highest BCUT2D eigenvalue weighted by Crippen LogP contribution is 2.57. The van der Waals surface area contributed by atoms with Gasteiger partial charge in [0.25, 0.3) is 0 Å². The third-order valence-corrected chi connectivity index (χ3v) is 26.0. The first-order valence-electron chi connectivity index (χ1n) is 37.6. The first-order chi connectivity index (χ1) is 51.8. The SMILES string of the molecule is C.C#CC#CC#CC.C=C[C@@H]1C[C@]1(C)C(=O)NS(=O)(=O)C1CC1.C=C[C@@H]1C[C@]1(CC(=O)[C@@H]1C[C@@H]2CN1C(=O)[C@H](C(C)(C)C)CC(=O)[C@@H](C)COC/C=C/c1cccc3c1CN(C3)C(=O)O2)C(=O)NS(=O)(=O)C1CC1.C[C@H]1COC/C=C/c2cccc3c2CN(C3)C(=O)O[C@@H]2C[C@@H](C(=O)O)N(C2)C(=O)[C@H](C(C)(C)C)CC1=O. The molecule has 0 radical (unpaired) electrons. The summed E-state index contributed by atoms with van der Waals surface area (Å²) in [6, 6.07) is 9.56. The highest BCUT2D eigenvalue weighted by molar-refractivity contribution is 7.91. The van der Waals surface area contributed by atoms with Crippen molar-refractivity contribution in [3.63, 3.8) is 0 Å². The molecule has 6 amide bonds. The van der Waals surface area contributed by atoms with Gasteiger partial charge in [-0.1, -0.05) is 149 Å². The molecule has 2 aromatic rings. The van der Waals surface area contributed by atoms with Crippen molar-refractivity contribution in [3.8, 4) is 36.0 Å². The van der Waals surface area contributed by atoms with Gasteiger partial charge in [0.1, 0.15) is 29.8 Å². The van der Waals surface area contributed by atoms with Gasteiger partial charge >= 0.3 is 18.2 Å². The topological polar surface area (TPSA) is 333 Å². The molecule has 111 heavy (non-hydrogen) atoms. The van der Waals surface area contributed by atoms with E-state index in [2.05, 4.69) is 52.2 Å². The van der Waals surface area contributed by atoms with Crippen molar-refractivity contribution < 1.29 is 88.8 Å². The van der Waals surface area contributed by atoms with Gasteiger partial charge in [-0.2, -0.15) is 0 Å². The van der Waals surface area contributed by atoms with Crippen molar-refractivity contribution in [1.82, 2.24) is 29.0 Å². The van der Waals surface area contributed by atoms with E-state index in [4.69, 9.17) is 25.4 Å². The van der Waals surface area contributed by atoms with E-state index in [1.807, 2.05) is 102 Å². The van der Waals surface area contributed by atoms with Gasteiger partial charge in [0, 0.05) is 68.9 Å². The van der Waals surface area contributed by atoms with Gasteiger partial charge in [-0.25, -0.2) is 31.2 Å². The van der Waals surface area contributed by atoms with E-state index in [0.29, 0.717) is 64.9 Å². The number of terminal acetylenes is 1. The molecule has 8 bridgehead atoms. The number of carbonyl (C=O) groups excluding carboxylic acids is 9. The Morgan fingerprint density at radius 1 is 0.640 bits per heavy atom. The monoisotopic (exact) mass is 1570 g/mol. The van der Waals surface area contributed by atoms with Crippen LogP contribution in [0, 0.1) is 93.2 Å². The van der Waals surface area contributed by atoms with Gasteiger partial charge < -0.3 is 33.9 Å². The lowest BCUT2D eigenvalue weighted by atomic mass is 9.75. The number of ketones is 3. The van der Waals surface area contributed by atoms with Crippen molar-refractivity contribution in [2.45, 2.75) is 208 Å². The van der Waals surface area contributed by atoms with E-state index in [1.54, 1.807) is 49.6 Å². The number of nitrogens with one attached hydrogen (secondary N) is 2. The minimum Gasteiger partial charge on any atom is -0.480 e. The standard InChI is InChI=1S/C38H49N3O9S.C28H36N2O7.C10H15NO3S.C7H4.CH4/c1-6-26-17-38(26,35(45)39-51(47,48)28-12-13-28)18-33(43)31-15-27-20-41(31)34(44)30(37(3,4)5)16-32(42)23(2)22-49-14-8-11-24-9-7-10-25-19-40(21-29(24)25)36(46)50-27;1-17-16-36-10-6-9-18-7-5-8-19-13-29(15-21(18)19)27(35)37-20-11-23(26(33)34)30(14-20)25(32)22(12-24(17)31)28(2,3)4;1-3-7-6-10(7,2)9(12)11-15(13,14)8-4-5-8;1-3-5-7-6-4-2;/h6-11,23,26-28,30-31H,1,12-22H2,2-5H3,(H,39,45);5-9,17,20,22-23H,10-16H2,1-4H3,(H,33,34);3,7-8H,1,4-6H2,2H3,(H,11,12);1H,2H3;1H4/b11-8+;9-6+;;;/t23-,26+,27+,30+,31-,38+;17-,20+,22+,23-;7-,10+;;/m001../s1. The number of allylic oxidation sites excluding steroid dienone is 2. The Morgan fingerprint density at radius 2 is 1.08 bits per heavy atom. The highest BCUT2D eigenvalue weighted by atomic mass is 32.2. The van der Waals surface area contributed by atoms with Crippen molar-refractivity contribution in [3.05, 3.63) is 107 Å². The molecule has 2 aromatic carbocycles. The molecule has 12 rings (SSSR count). The lowest BCUT2D eigenvalue weighted by Crippen LogP contribution is -2.49. The second kappa shape index (κ2) is 36.1. The fraction of sp³-hybridized carbons (Fsp3) is 0.571. The van der Waals surface area contributed by atoms with Crippen LogP contribution in [-0.4, -0.2) is 175 Å². The number of fused-ring (bicyclic) bond motifs is 6. The summed E-state index contributed by atoms with van der Waals surface area (Å²) in [5.41, 5.74) is 2.85. The van der Waals surface area contributed by atoms with Crippen LogP contribution in [-0.2, 0) is 104 Å². The lowest BCUT2D eigenvalue weighted by molar-refractivity contribution is -0.152. The van der Waals surface area contributed by atoms with E-state index in [9.17, 15) is 69.9 Å². The Bertz CT molecular complexity index is 4440. The molecular formula is C84H108N6O19S2. The molecule has 4 saturated carbocycles. The Hall–Kier alpha value is -9.20. The van der Waals surface area contributed by atoms with Crippen LogP contribution in [0.3, 0.4) is 0 Å². The van der Waals surface area contributed by atoms with Crippen molar-refractivity contribution in [2.24, 2.45) is 57.2 Å². The molecule has 12 atom stereocenters. The first-order valence-corrected chi connectivity index (χ1v) is 40.7. The molecule has 10 aliphatic rings. The summed E-state index contributed by atoms with van der Waals surface area (Å²) in [6.07, 6.45) is 15.9. The normalized spacial score (nSPS) is 28.5. The van der Waals surface area contributed by atoms with Crippen LogP contribution in [0.15, 0.2) is 73.9 Å². The number of nitrogens with zero attached hydrogens (tertiary/aromatic N) is 4. The number of hydrogen-bond acceptors (Lipinski definition) is 18. The number of carboxylic acids is 1. The molecule has 0 aromatic heterocycles. The van der Waals surface area contributed by atoms with E-state index < -0.39 is 142 Å². The number of benzene rings is 2. The minimum atomic E-state index is -3.86. The van der Waals surface area contributed by atoms with E-state index >= 15 is 0 Å². The fourth-order valence-electron chi connectivity index (χ4n) is 14.7. The highest BCUT2D eigenvalue weighted by Gasteiger charge is 2.62. The summed E-state index contributed by atoms with van der Waals surface area (Å²) >= 11 is 0. The van der Waals surface area contributed by atoms with Crippen LogP contribution < -0.4 is 9.44 Å². The van der Waals surface area contributed by atoms with E-state index in [-0.39, 0.29) is 108 Å². The number of Topliss-reactive ketones (excluding diaryl/α,β-unsaturated/α-hetero) is 3. The van der Waals surface area contributed by atoms with E-state index in [1.165, 1.54) is 9.80 Å². The van der Waals surface area contributed by atoms with Crippen LogP contribution in [0.2, 0.25) is 0 Å². The Morgan fingerprint density at radius 3 is 1.48 bits per heavy atom. The van der Waals surface area contributed by atoms with Gasteiger partial charge in [0.05, 0.1) is 80.0 Å². The lowest BCUT2D eigenvalue weighted by Gasteiger charge is -2.35. The maximum atomic E-state index is 14.5. The second-order valence-electron chi connectivity index (χ2n) is 32.8. The predicted molar refractivity (Wildman–Crippen MR) is 417 cm³/mol. The summed E-state index contributed by atoms with van der Waals surface area (Å²) in [7, 11) is -7.25. The van der Waals surface area contributed by atoms with Gasteiger partial charge in [-0.3, -0.25) is 52.8 Å². The summed E-state index contributed by atoms with van der Waals surface area (Å²) in [6.45, 7) is 28.0. The number of ether oxygens (including phenoxy) is 4. The zero-order valence-electron chi connectivity index (χ0n) is 64.6. The third kappa shape index (κ3) is 21.5. The Labute approximate surface area is 653 Å². The van der Waals surface area contributed by atoms with Crippen LogP contribution in [0.5, 0.6) is 0 Å². The van der Waals surface area contributed by atoms with Crippen LogP contribution >= 0.6 is 0 Å². The minimum absolute atomic E-state index is 0. The molecule has 6 fully saturated rings. The third-order valence-electron chi connectivity index (χ3n) is 22.4.